The Morgan fingerprint density at radius 2 is 1.96 bits per heavy atom. The summed E-state index contributed by atoms with van der Waals surface area (Å²) in [6, 6.07) is 8.50. The topological polar surface area (TPSA) is 43.2 Å². The smallest absolute Gasteiger partial charge is 0.116 e. The van der Waals surface area contributed by atoms with Gasteiger partial charge in [0.1, 0.15) is 6.33 Å². The summed E-state index contributed by atoms with van der Waals surface area (Å²) in [4.78, 5) is 10.8. The van der Waals surface area contributed by atoms with Crippen molar-refractivity contribution in [1.82, 2.24) is 19.4 Å². The molecule has 1 aromatic carbocycles. The predicted molar refractivity (Wildman–Crippen MR) is 90.2 cm³/mol. The molecule has 3 heterocycles. The second-order valence-corrected chi connectivity index (χ2v) is 5.89. The van der Waals surface area contributed by atoms with Crippen molar-refractivity contribution in [2.75, 3.05) is 32.8 Å². The molecular weight excluding hydrogens is 288 g/mol. The zero-order valence-electron chi connectivity index (χ0n) is 13.1. The lowest BCUT2D eigenvalue weighted by Crippen LogP contribution is -2.38. The first-order valence-electron chi connectivity index (χ1n) is 8.04. The van der Waals surface area contributed by atoms with Crippen LogP contribution in [0.3, 0.4) is 0 Å². The van der Waals surface area contributed by atoms with Gasteiger partial charge in [-0.15, -0.1) is 0 Å². The van der Waals surface area contributed by atoms with E-state index in [9.17, 15) is 0 Å². The summed E-state index contributed by atoms with van der Waals surface area (Å²) in [5.74, 6) is 0. The van der Waals surface area contributed by atoms with Gasteiger partial charge in [-0.05, 0) is 29.3 Å². The fraction of sp³-hybridized carbons (Fsp3) is 0.333. The summed E-state index contributed by atoms with van der Waals surface area (Å²) in [6.45, 7) is 5.88. The lowest BCUT2D eigenvalue weighted by Gasteiger charge is -2.26. The summed E-state index contributed by atoms with van der Waals surface area (Å²) in [5, 5.41) is 1.08. The largest absolute Gasteiger partial charge is 0.379 e. The number of hydrogen-bond donors (Lipinski definition) is 0. The third kappa shape index (κ3) is 3.25. The Labute approximate surface area is 135 Å². The minimum Gasteiger partial charge on any atom is -0.379 e. The zero-order chi connectivity index (χ0) is 15.5. The SMILES string of the molecule is c1ncc2cc(-c3ccn(CCN4CCOCC4)c3)ccc2n1. The Hall–Kier alpha value is -2.24. The van der Waals surface area contributed by atoms with Gasteiger partial charge < -0.3 is 9.30 Å². The highest BCUT2D eigenvalue weighted by Crippen LogP contribution is 2.23. The number of benzene rings is 1. The molecule has 0 amide bonds. The van der Waals surface area contributed by atoms with Crippen molar-refractivity contribution in [3.63, 3.8) is 0 Å². The fourth-order valence-electron chi connectivity index (χ4n) is 3.00. The van der Waals surface area contributed by atoms with Crippen LogP contribution in [-0.2, 0) is 11.3 Å². The molecule has 1 aliphatic rings. The maximum Gasteiger partial charge on any atom is 0.116 e. The van der Waals surface area contributed by atoms with Crippen molar-refractivity contribution in [3.05, 3.63) is 49.2 Å². The Morgan fingerprint density at radius 1 is 1.04 bits per heavy atom. The van der Waals surface area contributed by atoms with E-state index in [-0.39, 0.29) is 0 Å². The number of aromatic nitrogens is 3. The fourth-order valence-corrected chi connectivity index (χ4v) is 3.00. The molecule has 0 bridgehead atoms. The molecule has 2 aromatic heterocycles. The minimum absolute atomic E-state index is 0.857. The van der Waals surface area contributed by atoms with Crippen LogP contribution in [0.1, 0.15) is 0 Å². The van der Waals surface area contributed by atoms with Crippen LogP contribution in [0.2, 0.25) is 0 Å². The number of nitrogens with zero attached hydrogens (tertiary/aromatic N) is 4. The van der Waals surface area contributed by atoms with Crippen molar-refractivity contribution in [3.8, 4) is 11.1 Å². The lowest BCUT2D eigenvalue weighted by molar-refractivity contribution is 0.0364. The van der Waals surface area contributed by atoms with Gasteiger partial charge in [0.15, 0.2) is 0 Å². The molecule has 3 aromatic rings. The number of ether oxygens (including phenoxy) is 1. The summed E-state index contributed by atoms with van der Waals surface area (Å²) in [5.41, 5.74) is 3.42. The molecule has 0 unspecified atom stereocenters. The van der Waals surface area contributed by atoms with Gasteiger partial charge in [0.05, 0.1) is 18.7 Å². The second-order valence-electron chi connectivity index (χ2n) is 5.89. The van der Waals surface area contributed by atoms with Crippen molar-refractivity contribution in [1.29, 1.82) is 0 Å². The third-order valence-corrected chi connectivity index (χ3v) is 4.37. The first kappa shape index (κ1) is 14.4. The van der Waals surface area contributed by atoms with E-state index in [2.05, 4.69) is 56.1 Å². The molecule has 4 rings (SSSR count). The van der Waals surface area contributed by atoms with Gasteiger partial charge in [-0.25, -0.2) is 9.97 Å². The quantitative estimate of drug-likeness (QED) is 0.742. The normalized spacial score (nSPS) is 16.0. The van der Waals surface area contributed by atoms with Gasteiger partial charge in [-0.2, -0.15) is 0 Å². The third-order valence-electron chi connectivity index (χ3n) is 4.37. The molecule has 0 spiro atoms. The van der Waals surface area contributed by atoms with Crippen LogP contribution in [0.4, 0.5) is 0 Å². The van der Waals surface area contributed by atoms with E-state index in [0.717, 1.165) is 50.3 Å². The van der Waals surface area contributed by atoms with Gasteiger partial charge in [0.2, 0.25) is 0 Å². The molecule has 1 fully saturated rings. The molecular formula is C18H20N4O. The van der Waals surface area contributed by atoms with E-state index in [1.165, 1.54) is 11.1 Å². The van der Waals surface area contributed by atoms with E-state index >= 15 is 0 Å². The molecule has 118 valence electrons. The van der Waals surface area contributed by atoms with Gasteiger partial charge in [-0.3, -0.25) is 4.90 Å². The van der Waals surface area contributed by atoms with Crippen LogP contribution < -0.4 is 0 Å². The van der Waals surface area contributed by atoms with Crippen LogP contribution in [0.25, 0.3) is 22.0 Å². The average molecular weight is 308 g/mol. The monoisotopic (exact) mass is 308 g/mol. The first-order chi connectivity index (χ1) is 11.4. The van der Waals surface area contributed by atoms with Gasteiger partial charge >= 0.3 is 0 Å². The van der Waals surface area contributed by atoms with Crippen LogP contribution in [-0.4, -0.2) is 52.3 Å². The summed E-state index contributed by atoms with van der Waals surface area (Å²) < 4.78 is 7.65. The molecule has 0 aliphatic carbocycles. The number of hydrogen-bond acceptors (Lipinski definition) is 4. The lowest BCUT2D eigenvalue weighted by atomic mass is 10.1. The van der Waals surface area contributed by atoms with E-state index in [4.69, 9.17) is 4.74 Å². The summed E-state index contributed by atoms with van der Waals surface area (Å²) in [6.07, 6.45) is 7.82. The van der Waals surface area contributed by atoms with Gasteiger partial charge in [-0.1, -0.05) is 6.07 Å². The van der Waals surface area contributed by atoms with E-state index in [0.29, 0.717) is 0 Å². The predicted octanol–water partition coefficient (Wildman–Crippen LogP) is 2.43. The van der Waals surface area contributed by atoms with Crippen LogP contribution >= 0.6 is 0 Å². The van der Waals surface area contributed by atoms with Crippen LogP contribution in [0.15, 0.2) is 49.2 Å². The molecule has 0 radical (unpaired) electrons. The van der Waals surface area contributed by atoms with Gasteiger partial charge in [0.25, 0.3) is 0 Å². The molecule has 0 saturated carbocycles. The highest BCUT2D eigenvalue weighted by Gasteiger charge is 2.10. The van der Waals surface area contributed by atoms with Gasteiger partial charge in [0, 0.05) is 50.2 Å². The average Bonchev–Trinajstić information content (AvgIpc) is 3.09. The molecule has 23 heavy (non-hydrogen) atoms. The Kier molecular flexibility index (Phi) is 4.05. The van der Waals surface area contributed by atoms with E-state index in [1.54, 1.807) is 6.33 Å². The maximum atomic E-state index is 5.39. The molecule has 1 aliphatic heterocycles. The Balaban J connectivity index is 1.47. The van der Waals surface area contributed by atoms with Crippen molar-refractivity contribution in [2.45, 2.75) is 6.54 Å². The van der Waals surface area contributed by atoms with E-state index < -0.39 is 0 Å². The Bertz CT molecular complexity index is 792. The molecule has 1 saturated heterocycles. The molecule has 5 nitrogen and oxygen atoms in total. The van der Waals surface area contributed by atoms with Crippen LogP contribution in [0, 0.1) is 0 Å². The number of fused-ring (bicyclic) bond motifs is 1. The number of morpholine rings is 1. The zero-order valence-corrected chi connectivity index (χ0v) is 13.1. The summed E-state index contributed by atoms with van der Waals surface area (Å²) >= 11 is 0. The second kappa shape index (κ2) is 6.48. The molecule has 5 heteroatoms. The first-order valence-corrected chi connectivity index (χ1v) is 8.04. The van der Waals surface area contributed by atoms with Crippen molar-refractivity contribution in [2.24, 2.45) is 0 Å². The minimum atomic E-state index is 0.857. The molecule has 0 N–H and O–H groups in total. The highest BCUT2D eigenvalue weighted by atomic mass is 16.5. The number of rotatable bonds is 4. The van der Waals surface area contributed by atoms with Crippen LogP contribution in [0.5, 0.6) is 0 Å². The standard InChI is InChI=1S/C18H20N4O/c1-2-18-17(12-19-14-20-18)11-15(1)16-3-4-22(13-16)6-5-21-7-9-23-10-8-21/h1-4,11-14H,5-10H2. The molecule has 0 atom stereocenters. The van der Waals surface area contributed by atoms with Crippen molar-refractivity contribution < 1.29 is 4.74 Å². The highest BCUT2D eigenvalue weighted by molar-refractivity contribution is 5.83. The van der Waals surface area contributed by atoms with Crippen molar-refractivity contribution >= 4 is 10.9 Å². The van der Waals surface area contributed by atoms with E-state index in [1.807, 2.05) is 6.20 Å². The Morgan fingerprint density at radius 3 is 2.87 bits per heavy atom. The summed E-state index contributed by atoms with van der Waals surface area (Å²) in [7, 11) is 0. The maximum absolute atomic E-state index is 5.39.